The van der Waals surface area contributed by atoms with E-state index in [4.69, 9.17) is 0 Å². The zero-order valence-electron chi connectivity index (χ0n) is 20.5. The lowest BCUT2D eigenvalue weighted by Crippen LogP contribution is -2.59. The first-order chi connectivity index (χ1) is 17.4. The van der Waals surface area contributed by atoms with Crippen LogP contribution in [-0.4, -0.2) is 47.1 Å². The van der Waals surface area contributed by atoms with Crippen LogP contribution in [0, 0.1) is 29.1 Å². The highest BCUT2D eigenvalue weighted by molar-refractivity contribution is 7.89. The van der Waals surface area contributed by atoms with Gasteiger partial charge in [0, 0.05) is 18.8 Å². The molecular formula is C25H28F5N3O3S. The lowest BCUT2D eigenvalue weighted by Gasteiger charge is -2.42. The van der Waals surface area contributed by atoms with Gasteiger partial charge < -0.3 is 4.90 Å². The minimum absolute atomic E-state index is 0.0325. The largest absolute Gasteiger partial charge is 0.333 e. The summed E-state index contributed by atoms with van der Waals surface area (Å²) < 4.78 is 95.6. The molecule has 0 bridgehead atoms. The molecule has 4 rings (SSSR count). The number of rotatable bonds is 7. The van der Waals surface area contributed by atoms with Crippen LogP contribution >= 0.6 is 0 Å². The van der Waals surface area contributed by atoms with E-state index >= 15 is 0 Å². The van der Waals surface area contributed by atoms with Crippen LogP contribution in [0.1, 0.15) is 69.5 Å². The monoisotopic (exact) mass is 545 g/mol. The van der Waals surface area contributed by atoms with E-state index < -0.39 is 56.0 Å². The van der Waals surface area contributed by atoms with Crippen LogP contribution in [0.25, 0.3) is 0 Å². The number of halogens is 5. The average Bonchev–Trinajstić information content (AvgIpc) is 2.84. The molecule has 1 saturated carbocycles. The average molecular weight is 546 g/mol. The van der Waals surface area contributed by atoms with Crippen molar-refractivity contribution >= 4 is 15.9 Å². The molecule has 1 unspecified atom stereocenters. The summed E-state index contributed by atoms with van der Waals surface area (Å²) in [6, 6.07) is 2.07. The van der Waals surface area contributed by atoms with Crippen molar-refractivity contribution in [3.05, 3.63) is 58.7 Å². The standard InChI is InChI=1S/C25H28F5N3O3S/c1-14(2)32(13-17-9-8-16(12-31-17)15-6-4-3-5-7-15)25(34)18-10-11-33(18)37(35,36)24-22(29)20(27)19(26)21(28)23(24)30/h8-9,12,14-15,18H,3-7,10-11,13H2,1-2H3. The Morgan fingerprint density at radius 1 is 0.973 bits per heavy atom. The van der Waals surface area contributed by atoms with E-state index in [1.54, 1.807) is 20.0 Å². The van der Waals surface area contributed by atoms with Crippen molar-refractivity contribution in [1.82, 2.24) is 14.2 Å². The Morgan fingerprint density at radius 2 is 1.57 bits per heavy atom. The van der Waals surface area contributed by atoms with Crippen molar-refractivity contribution in [3.8, 4) is 0 Å². The second kappa shape index (κ2) is 10.6. The topological polar surface area (TPSA) is 70.6 Å². The Labute approximate surface area is 212 Å². The van der Waals surface area contributed by atoms with Crippen LogP contribution in [-0.2, 0) is 21.4 Å². The number of carbonyl (C=O) groups is 1. The summed E-state index contributed by atoms with van der Waals surface area (Å²) >= 11 is 0. The van der Waals surface area contributed by atoms with Crippen molar-refractivity contribution in [2.45, 2.75) is 81.8 Å². The third-order valence-corrected chi connectivity index (χ3v) is 9.08. The van der Waals surface area contributed by atoms with Gasteiger partial charge in [-0.25, -0.2) is 30.4 Å². The summed E-state index contributed by atoms with van der Waals surface area (Å²) in [6.07, 6.45) is 7.61. The molecule has 0 N–H and O–H groups in total. The van der Waals surface area contributed by atoms with Gasteiger partial charge >= 0.3 is 0 Å². The van der Waals surface area contributed by atoms with Gasteiger partial charge in [-0.05, 0) is 50.7 Å². The van der Waals surface area contributed by atoms with Gasteiger partial charge in [-0.2, -0.15) is 4.31 Å². The van der Waals surface area contributed by atoms with Crippen molar-refractivity contribution in [2.24, 2.45) is 0 Å². The summed E-state index contributed by atoms with van der Waals surface area (Å²) in [5, 5.41) is 0. The molecule has 6 nitrogen and oxygen atoms in total. The van der Waals surface area contributed by atoms with E-state index in [-0.39, 0.29) is 25.6 Å². The van der Waals surface area contributed by atoms with Crippen LogP contribution in [0.15, 0.2) is 23.2 Å². The second-order valence-corrected chi connectivity index (χ2v) is 11.6. The zero-order valence-corrected chi connectivity index (χ0v) is 21.3. The first-order valence-corrected chi connectivity index (χ1v) is 13.7. The van der Waals surface area contributed by atoms with Gasteiger partial charge in [0.1, 0.15) is 6.04 Å². The van der Waals surface area contributed by atoms with E-state index in [2.05, 4.69) is 4.98 Å². The molecule has 1 amide bonds. The summed E-state index contributed by atoms with van der Waals surface area (Å²) in [5.41, 5.74) is 1.71. The van der Waals surface area contributed by atoms with E-state index in [1.807, 2.05) is 12.1 Å². The maximum Gasteiger partial charge on any atom is 0.249 e. The van der Waals surface area contributed by atoms with Gasteiger partial charge in [0.15, 0.2) is 28.2 Å². The molecule has 1 aliphatic carbocycles. The highest BCUT2D eigenvalue weighted by Crippen LogP contribution is 2.35. The smallest absolute Gasteiger partial charge is 0.249 e. The predicted octanol–water partition coefficient (Wildman–Crippen LogP) is 5.03. The molecular weight excluding hydrogens is 517 g/mol. The predicted molar refractivity (Wildman–Crippen MR) is 124 cm³/mol. The second-order valence-electron chi connectivity index (χ2n) is 9.80. The van der Waals surface area contributed by atoms with E-state index in [0.29, 0.717) is 15.9 Å². The third-order valence-electron chi connectivity index (χ3n) is 7.15. The molecule has 12 heteroatoms. The molecule has 1 atom stereocenters. The van der Waals surface area contributed by atoms with Gasteiger partial charge in [-0.15, -0.1) is 0 Å². The van der Waals surface area contributed by atoms with Gasteiger partial charge in [-0.3, -0.25) is 9.78 Å². The Morgan fingerprint density at radius 3 is 2.05 bits per heavy atom. The fourth-order valence-electron chi connectivity index (χ4n) is 4.91. The van der Waals surface area contributed by atoms with Crippen LogP contribution in [0.2, 0.25) is 0 Å². The number of nitrogens with zero attached hydrogens (tertiary/aromatic N) is 3. The maximum absolute atomic E-state index is 14.3. The Kier molecular flexibility index (Phi) is 7.89. The molecule has 202 valence electrons. The third kappa shape index (κ3) is 5.09. The zero-order chi connectivity index (χ0) is 27.1. The Hall–Kier alpha value is -2.60. The van der Waals surface area contributed by atoms with Gasteiger partial charge in [0.05, 0.1) is 12.2 Å². The van der Waals surface area contributed by atoms with Crippen molar-refractivity contribution in [2.75, 3.05) is 6.54 Å². The first-order valence-electron chi connectivity index (χ1n) is 12.2. The number of hydrogen-bond donors (Lipinski definition) is 0. The molecule has 37 heavy (non-hydrogen) atoms. The first kappa shape index (κ1) is 27.4. The van der Waals surface area contributed by atoms with Crippen LogP contribution in [0.3, 0.4) is 0 Å². The Bertz CT molecular complexity index is 1250. The number of sulfonamides is 1. The summed E-state index contributed by atoms with van der Waals surface area (Å²) in [6.45, 7) is 3.19. The molecule has 0 radical (unpaired) electrons. The number of carbonyl (C=O) groups excluding carboxylic acids is 1. The molecule has 1 aromatic heterocycles. The maximum atomic E-state index is 14.3. The fourth-order valence-corrected chi connectivity index (χ4v) is 6.66. The number of pyridine rings is 1. The number of benzene rings is 1. The minimum atomic E-state index is -5.20. The molecule has 1 aromatic carbocycles. The molecule has 1 saturated heterocycles. The van der Waals surface area contributed by atoms with Crippen LogP contribution in [0.4, 0.5) is 22.0 Å². The molecule has 2 aliphatic rings. The lowest BCUT2D eigenvalue weighted by atomic mass is 9.85. The normalized spacial score (nSPS) is 19.2. The molecule has 1 aliphatic heterocycles. The quantitative estimate of drug-likeness (QED) is 0.278. The minimum Gasteiger partial charge on any atom is -0.333 e. The van der Waals surface area contributed by atoms with Crippen molar-refractivity contribution in [1.29, 1.82) is 0 Å². The van der Waals surface area contributed by atoms with Gasteiger partial charge in [0.25, 0.3) is 0 Å². The van der Waals surface area contributed by atoms with E-state index in [1.165, 1.54) is 24.2 Å². The fraction of sp³-hybridized carbons (Fsp3) is 0.520. The Balaban J connectivity index is 1.54. The molecule has 2 fully saturated rings. The van der Waals surface area contributed by atoms with Gasteiger partial charge in [0.2, 0.25) is 21.7 Å². The number of amides is 1. The highest BCUT2D eigenvalue weighted by atomic mass is 32.2. The van der Waals surface area contributed by atoms with Gasteiger partial charge in [-0.1, -0.05) is 25.3 Å². The lowest BCUT2D eigenvalue weighted by molar-refractivity contribution is -0.141. The molecule has 2 aromatic rings. The van der Waals surface area contributed by atoms with Crippen LogP contribution < -0.4 is 0 Å². The summed E-state index contributed by atoms with van der Waals surface area (Å²) in [5.74, 6) is -12.3. The van der Waals surface area contributed by atoms with E-state index in [0.717, 1.165) is 18.4 Å². The molecule has 0 spiro atoms. The summed E-state index contributed by atoms with van der Waals surface area (Å²) in [4.78, 5) is 17.2. The summed E-state index contributed by atoms with van der Waals surface area (Å²) in [7, 11) is -5.20. The highest BCUT2D eigenvalue weighted by Gasteiger charge is 2.48. The van der Waals surface area contributed by atoms with E-state index in [9.17, 15) is 35.2 Å². The van der Waals surface area contributed by atoms with Crippen LogP contribution in [0.5, 0.6) is 0 Å². The van der Waals surface area contributed by atoms with Crippen molar-refractivity contribution in [3.63, 3.8) is 0 Å². The SMILES string of the molecule is CC(C)N(Cc1ccc(C2CCCCC2)cn1)C(=O)C1CCN1S(=O)(=O)c1c(F)c(F)c(F)c(F)c1F. The molecule has 2 heterocycles. The number of aromatic nitrogens is 1. The van der Waals surface area contributed by atoms with Crippen molar-refractivity contribution < 1.29 is 35.2 Å². The number of hydrogen-bond acceptors (Lipinski definition) is 4.